The van der Waals surface area contributed by atoms with E-state index in [2.05, 4.69) is 10.4 Å². The van der Waals surface area contributed by atoms with Crippen molar-refractivity contribution in [3.63, 3.8) is 0 Å². The van der Waals surface area contributed by atoms with Gasteiger partial charge in [0.2, 0.25) is 0 Å². The zero-order chi connectivity index (χ0) is 18.8. The summed E-state index contributed by atoms with van der Waals surface area (Å²) < 4.78 is 7.03. The van der Waals surface area contributed by atoms with Crippen LogP contribution in [0.1, 0.15) is 55.0 Å². The van der Waals surface area contributed by atoms with Crippen molar-refractivity contribution in [2.75, 3.05) is 7.11 Å². The molecule has 1 aromatic carbocycles. The average Bonchev–Trinajstić information content (AvgIpc) is 3.14. The highest BCUT2D eigenvalue weighted by molar-refractivity contribution is 6.32. The molecule has 27 heavy (non-hydrogen) atoms. The number of rotatable bonds is 5. The molecule has 2 aliphatic rings. The van der Waals surface area contributed by atoms with Crippen molar-refractivity contribution in [2.24, 2.45) is 0 Å². The van der Waals surface area contributed by atoms with Gasteiger partial charge in [-0.15, -0.1) is 0 Å². The first-order chi connectivity index (χ1) is 13.2. The molecule has 4 rings (SSSR count). The van der Waals surface area contributed by atoms with E-state index in [0.29, 0.717) is 16.8 Å². The van der Waals surface area contributed by atoms with E-state index >= 15 is 0 Å². The Morgan fingerprint density at radius 2 is 2.07 bits per heavy atom. The monoisotopic (exact) mass is 387 g/mol. The zero-order valence-corrected chi connectivity index (χ0v) is 16.5. The highest BCUT2D eigenvalue weighted by Gasteiger charge is 2.25. The molecule has 1 aromatic heterocycles. The summed E-state index contributed by atoms with van der Waals surface area (Å²) in [6.07, 6.45) is 7.17. The van der Waals surface area contributed by atoms with Gasteiger partial charge in [-0.25, -0.2) is 4.68 Å². The van der Waals surface area contributed by atoms with Crippen molar-refractivity contribution in [1.29, 1.82) is 0 Å². The highest BCUT2D eigenvalue weighted by atomic mass is 35.5. The first-order valence-corrected chi connectivity index (χ1v) is 10.2. The topological polar surface area (TPSA) is 56.1 Å². The second-order valence-corrected chi connectivity index (χ2v) is 7.95. The second-order valence-electron chi connectivity index (χ2n) is 7.57. The lowest BCUT2D eigenvalue weighted by molar-refractivity contribution is 0.267. The zero-order valence-electron chi connectivity index (χ0n) is 15.7. The second kappa shape index (κ2) is 8.03. The van der Waals surface area contributed by atoms with Crippen molar-refractivity contribution < 1.29 is 4.74 Å². The number of fused-ring (bicyclic) bond motifs is 1. The number of nitrogens with zero attached hydrogens (tertiary/aromatic N) is 2. The summed E-state index contributed by atoms with van der Waals surface area (Å²) in [7, 11) is 1.63. The van der Waals surface area contributed by atoms with E-state index in [1.807, 2.05) is 24.3 Å². The van der Waals surface area contributed by atoms with Crippen LogP contribution in [-0.4, -0.2) is 22.9 Å². The van der Waals surface area contributed by atoms with Crippen LogP contribution in [0.15, 0.2) is 29.1 Å². The molecular formula is C21H26ClN3O2. The molecule has 0 bridgehead atoms. The summed E-state index contributed by atoms with van der Waals surface area (Å²) in [6.45, 7) is 0.725. The summed E-state index contributed by atoms with van der Waals surface area (Å²) >= 11 is 6.38. The first-order valence-electron chi connectivity index (χ1n) is 9.82. The number of aryl methyl sites for hydroxylation is 2. The van der Waals surface area contributed by atoms with Crippen molar-refractivity contribution in [1.82, 2.24) is 15.1 Å². The molecule has 0 atom stereocenters. The van der Waals surface area contributed by atoms with E-state index in [-0.39, 0.29) is 11.6 Å². The lowest BCUT2D eigenvalue weighted by Gasteiger charge is -2.30. The molecular weight excluding hydrogens is 362 g/mol. The van der Waals surface area contributed by atoms with Crippen LogP contribution in [0.4, 0.5) is 0 Å². The van der Waals surface area contributed by atoms with E-state index in [9.17, 15) is 4.79 Å². The summed E-state index contributed by atoms with van der Waals surface area (Å²) in [5.74, 6) is 0.710. The summed E-state index contributed by atoms with van der Waals surface area (Å²) in [5, 5.41) is 8.96. The highest BCUT2D eigenvalue weighted by Crippen LogP contribution is 2.30. The minimum atomic E-state index is 0.0650. The number of aromatic nitrogens is 2. The number of nitrogens with one attached hydrogen (secondary N) is 1. The van der Waals surface area contributed by atoms with Crippen molar-refractivity contribution in [2.45, 2.75) is 63.6 Å². The van der Waals surface area contributed by atoms with Gasteiger partial charge in [-0.2, -0.15) is 5.10 Å². The third-order valence-corrected chi connectivity index (χ3v) is 6.30. The normalized spacial score (nSPS) is 21.9. The van der Waals surface area contributed by atoms with E-state index in [4.69, 9.17) is 16.3 Å². The molecule has 144 valence electrons. The Bertz CT molecular complexity index is 872. The standard InChI is InChI=1S/C21H26ClN3O2/c1-27-19-7-3-5-15(21(19)22)13-23-16-8-10-17(11-9-16)25-20(26)12-14-4-2-6-18(14)24-25/h3,5,7,12,16-17,23H,2,4,6,8-11,13H2,1H3. The predicted molar refractivity (Wildman–Crippen MR) is 107 cm³/mol. The number of ether oxygens (including phenoxy) is 1. The molecule has 5 nitrogen and oxygen atoms in total. The smallest absolute Gasteiger partial charge is 0.267 e. The quantitative estimate of drug-likeness (QED) is 0.850. The number of halogens is 1. The minimum Gasteiger partial charge on any atom is -0.495 e. The van der Waals surface area contributed by atoms with Crippen LogP contribution in [0, 0.1) is 0 Å². The van der Waals surface area contributed by atoms with Crippen molar-refractivity contribution >= 4 is 11.6 Å². The Hall–Kier alpha value is -1.85. The van der Waals surface area contributed by atoms with Gasteiger partial charge in [0.1, 0.15) is 5.75 Å². The van der Waals surface area contributed by atoms with Crippen LogP contribution in [0.3, 0.4) is 0 Å². The van der Waals surface area contributed by atoms with Crippen LogP contribution in [-0.2, 0) is 19.4 Å². The number of methoxy groups -OCH3 is 1. The third-order valence-electron chi connectivity index (χ3n) is 5.87. The van der Waals surface area contributed by atoms with E-state index in [0.717, 1.165) is 68.3 Å². The van der Waals surface area contributed by atoms with Crippen LogP contribution < -0.4 is 15.6 Å². The molecule has 0 amide bonds. The van der Waals surface area contributed by atoms with E-state index in [1.54, 1.807) is 11.8 Å². The lowest BCUT2D eigenvalue weighted by atomic mass is 9.91. The fourth-order valence-corrected chi connectivity index (χ4v) is 4.58. The summed E-state index contributed by atoms with van der Waals surface area (Å²) in [6, 6.07) is 8.33. The van der Waals surface area contributed by atoms with Crippen LogP contribution in [0.2, 0.25) is 5.02 Å². The maximum absolute atomic E-state index is 12.4. The Kier molecular flexibility index (Phi) is 5.50. The largest absolute Gasteiger partial charge is 0.495 e. The number of hydrogen-bond donors (Lipinski definition) is 1. The Balaban J connectivity index is 1.35. The van der Waals surface area contributed by atoms with Crippen LogP contribution >= 0.6 is 11.6 Å². The van der Waals surface area contributed by atoms with E-state index in [1.165, 1.54) is 0 Å². The summed E-state index contributed by atoms with van der Waals surface area (Å²) in [4.78, 5) is 12.4. The molecule has 2 aliphatic carbocycles. The molecule has 1 N–H and O–H groups in total. The van der Waals surface area contributed by atoms with Crippen molar-refractivity contribution in [3.8, 4) is 5.75 Å². The van der Waals surface area contributed by atoms with Gasteiger partial charge in [-0.05, 0) is 62.1 Å². The van der Waals surface area contributed by atoms with Gasteiger partial charge in [0.05, 0.1) is 23.9 Å². The molecule has 1 fully saturated rings. The Labute approximate surface area is 164 Å². The lowest BCUT2D eigenvalue weighted by Crippen LogP contribution is -2.36. The SMILES string of the molecule is COc1cccc(CNC2CCC(n3nc4c(cc3=O)CCC4)CC2)c1Cl. The molecule has 0 spiro atoms. The van der Waals surface area contributed by atoms with Gasteiger partial charge in [0.25, 0.3) is 5.56 Å². The average molecular weight is 388 g/mol. The Morgan fingerprint density at radius 3 is 2.85 bits per heavy atom. The van der Waals surface area contributed by atoms with Gasteiger partial charge in [-0.1, -0.05) is 23.7 Å². The van der Waals surface area contributed by atoms with E-state index < -0.39 is 0 Å². The molecule has 0 aliphatic heterocycles. The predicted octanol–water partition coefficient (Wildman–Crippen LogP) is 3.67. The maximum Gasteiger partial charge on any atom is 0.267 e. The fraction of sp³-hybridized carbons (Fsp3) is 0.524. The molecule has 6 heteroatoms. The first kappa shape index (κ1) is 18.5. The number of hydrogen-bond acceptors (Lipinski definition) is 4. The Morgan fingerprint density at radius 1 is 1.26 bits per heavy atom. The molecule has 0 unspecified atom stereocenters. The van der Waals surface area contributed by atoms with Crippen LogP contribution in [0.25, 0.3) is 0 Å². The molecule has 0 saturated heterocycles. The fourth-order valence-electron chi connectivity index (χ4n) is 4.31. The van der Waals surface area contributed by atoms with Gasteiger partial charge >= 0.3 is 0 Å². The molecule has 1 saturated carbocycles. The van der Waals surface area contributed by atoms with Gasteiger partial charge in [0, 0.05) is 18.7 Å². The third kappa shape index (κ3) is 3.90. The molecule has 1 heterocycles. The van der Waals surface area contributed by atoms with Gasteiger partial charge < -0.3 is 10.1 Å². The minimum absolute atomic E-state index is 0.0650. The molecule has 0 radical (unpaired) electrons. The van der Waals surface area contributed by atoms with Gasteiger partial charge in [-0.3, -0.25) is 4.79 Å². The summed E-state index contributed by atoms with van der Waals surface area (Å²) in [5.41, 5.74) is 3.40. The number of benzene rings is 1. The molecule has 2 aromatic rings. The van der Waals surface area contributed by atoms with Gasteiger partial charge in [0.15, 0.2) is 0 Å². The van der Waals surface area contributed by atoms with Crippen LogP contribution in [0.5, 0.6) is 5.75 Å². The van der Waals surface area contributed by atoms with Crippen molar-refractivity contribution in [3.05, 3.63) is 56.5 Å². The maximum atomic E-state index is 12.4.